The lowest BCUT2D eigenvalue weighted by Gasteiger charge is -2.34. The molecule has 0 aliphatic carbocycles. The van der Waals surface area contributed by atoms with Crippen LogP contribution in [0.1, 0.15) is 6.92 Å². The highest BCUT2D eigenvalue weighted by Gasteiger charge is 2.22. The van der Waals surface area contributed by atoms with Gasteiger partial charge in [-0.3, -0.25) is 0 Å². The van der Waals surface area contributed by atoms with Gasteiger partial charge in [0.05, 0.1) is 6.61 Å². The number of hydrogen-bond acceptors (Lipinski definition) is 5. The van der Waals surface area contributed by atoms with Gasteiger partial charge in [-0.2, -0.15) is 0 Å². The number of aromatic nitrogens is 2. The van der Waals surface area contributed by atoms with Gasteiger partial charge in [-0.25, -0.2) is 4.79 Å². The molecule has 2 heterocycles. The van der Waals surface area contributed by atoms with Crippen molar-refractivity contribution in [2.45, 2.75) is 6.92 Å². The van der Waals surface area contributed by atoms with E-state index in [1.807, 2.05) is 6.07 Å². The van der Waals surface area contributed by atoms with Crippen LogP contribution in [0, 0.1) is 0 Å². The van der Waals surface area contributed by atoms with Gasteiger partial charge in [0.15, 0.2) is 11.0 Å². The molecule has 0 bridgehead atoms. The maximum absolute atomic E-state index is 11.5. The largest absolute Gasteiger partial charge is 0.450 e. The standard InChI is InChI=1S/C11H15ClN4O2/c1-2-18-11(17)16-7-5-15(6-8-16)10-4-3-9(12)13-14-10/h3-4H,2,5-8H2,1H3. The molecule has 18 heavy (non-hydrogen) atoms. The molecule has 1 aliphatic heterocycles. The minimum absolute atomic E-state index is 0.251. The molecule has 0 atom stereocenters. The second-order valence-electron chi connectivity index (χ2n) is 3.89. The molecule has 0 radical (unpaired) electrons. The minimum Gasteiger partial charge on any atom is -0.450 e. The fraction of sp³-hybridized carbons (Fsp3) is 0.545. The topological polar surface area (TPSA) is 58.6 Å². The van der Waals surface area contributed by atoms with Crippen molar-refractivity contribution in [3.8, 4) is 0 Å². The highest BCUT2D eigenvalue weighted by atomic mass is 35.5. The van der Waals surface area contributed by atoms with Gasteiger partial charge in [0.2, 0.25) is 0 Å². The molecule has 6 nitrogen and oxygen atoms in total. The molecule has 2 rings (SSSR count). The summed E-state index contributed by atoms with van der Waals surface area (Å²) < 4.78 is 4.96. The number of hydrogen-bond donors (Lipinski definition) is 0. The zero-order chi connectivity index (χ0) is 13.0. The van der Waals surface area contributed by atoms with Gasteiger partial charge < -0.3 is 14.5 Å². The van der Waals surface area contributed by atoms with E-state index in [-0.39, 0.29) is 6.09 Å². The summed E-state index contributed by atoms with van der Waals surface area (Å²) >= 11 is 5.69. The summed E-state index contributed by atoms with van der Waals surface area (Å²) in [5.74, 6) is 0.780. The summed E-state index contributed by atoms with van der Waals surface area (Å²) in [4.78, 5) is 15.3. The van der Waals surface area contributed by atoms with E-state index in [9.17, 15) is 4.79 Å². The number of carbonyl (C=O) groups excluding carboxylic acids is 1. The van der Waals surface area contributed by atoms with E-state index in [1.165, 1.54) is 0 Å². The third-order valence-corrected chi connectivity index (χ3v) is 2.95. The molecule has 1 amide bonds. The third-order valence-electron chi connectivity index (χ3n) is 2.75. The van der Waals surface area contributed by atoms with Gasteiger partial charge in [0, 0.05) is 26.2 Å². The maximum Gasteiger partial charge on any atom is 0.409 e. The summed E-state index contributed by atoms with van der Waals surface area (Å²) in [6.45, 7) is 4.90. The fourth-order valence-corrected chi connectivity index (χ4v) is 1.91. The molecule has 0 saturated carbocycles. The molecule has 0 spiro atoms. The summed E-state index contributed by atoms with van der Waals surface area (Å²) in [6, 6.07) is 3.54. The number of amides is 1. The van der Waals surface area contributed by atoms with Crippen molar-refractivity contribution in [3.05, 3.63) is 17.3 Å². The van der Waals surface area contributed by atoms with Gasteiger partial charge in [-0.05, 0) is 19.1 Å². The Balaban J connectivity index is 1.90. The number of halogens is 1. The van der Waals surface area contributed by atoms with Gasteiger partial charge in [-0.15, -0.1) is 10.2 Å². The Labute approximate surface area is 110 Å². The maximum atomic E-state index is 11.5. The number of ether oxygens (including phenoxy) is 1. The van der Waals surface area contributed by atoms with Crippen molar-refractivity contribution in [2.24, 2.45) is 0 Å². The van der Waals surface area contributed by atoms with Crippen LogP contribution in [0.5, 0.6) is 0 Å². The van der Waals surface area contributed by atoms with Crippen molar-refractivity contribution in [1.82, 2.24) is 15.1 Å². The smallest absolute Gasteiger partial charge is 0.409 e. The molecule has 98 valence electrons. The number of rotatable bonds is 2. The van der Waals surface area contributed by atoms with E-state index in [0.717, 1.165) is 18.9 Å². The van der Waals surface area contributed by atoms with Crippen molar-refractivity contribution < 1.29 is 9.53 Å². The zero-order valence-corrected chi connectivity index (χ0v) is 10.9. The number of anilines is 1. The first-order valence-electron chi connectivity index (χ1n) is 5.86. The Morgan fingerprint density at radius 1 is 1.33 bits per heavy atom. The Morgan fingerprint density at radius 2 is 2.06 bits per heavy atom. The van der Waals surface area contributed by atoms with Crippen LogP contribution in [0.2, 0.25) is 5.15 Å². The second kappa shape index (κ2) is 5.86. The highest BCUT2D eigenvalue weighted by Crippen LogP contribution is 2.14. The Bertz CT molecular complexity index is 404. The summed E-state index contributed by atoms with van der Waals surface area (Å²) in [7, 11) is 0. The Kier molecular flexibility index (Phi) is 4.19. The van der Waals surface area contributed by atoms with Crippen molar-refractivity contribution in [3.63, 3.8) is 0 Å². The second-order valence-corrected chi connectivity index (χ2v) is 4.27. The lowest BCUT2D eigenvalue weighted by molar-refractivity contribution is 0.105. The zero-order valence-electron chi connectivity index (χ0n) is 10.2. The summed E-state index contributed by atoms with van der Waals surface area (Å²) in [6.07, 6.45) is -0.251. The van der Waals surface area contributed by atoms with Crippen molar-refractivity contribution >= 4 is 23.5 Å². The van der Waals surface area contributed by atoms with Gasteiger partial charge in [0.25, 0.3) is 0 Å². The number of nitrogens with zero attached hydrogens (tertiary/aromatic N) is 4. The van der Waals surface area contributed by atoms with Gasteiger partial charge in [0.1, 0.15) is 0 Å². The average molecular weight is 271 g/mol. The summed E-state index contributed by atoms with van der Waals surface area (Å²) in [5, 5.41) is 8.20. The monoisotopic (exact) mass is 270 g/mol. The van der Waals surface area contributed by atoms with Crippen LogP contribution in [0.3, 0.4) is 0 Å². The predicted molar refractivity (Wildman–Crippen MR) is 67.9 cm³/mol. The molecule has 0 N–H and O–H groups in total. The SMILES string of the molecule is CCOC(=O)N1CCN(c2ccc(Cl)nn2)CC1. The van der Waals surface area contributed by atoms with E-state index in [2.05, 4.69) is 15.1 Å². The third kappa shape index (κ3) is 3.01. The van der Waals surface area contributed by atoms with Crippen LogP contribution >= 0.6 is 11.6 Å². The van der Waals surface area contributed by atoms with E-state index in [1.54, 1.807) is 17.9 Å². The van der Waals surface area contributed by atoms with Gasteiger partial charge >= 0.3 is 6.09 Å². The molecular formula is C11H15ClN4O2. The molecule has 1 saturated heterocycles. The fourth-order valence-electron chi connectivity index (χ4n) is 1.81. The molecule has 1 fully saturated rings. The Hall–Kier alpha value is -1.56. The van der Waals surface area contributed by atoms with Crippen LogP contribution < -0.4 is 4.90 Å². The normalized spacial score (nSPS) is 15.7. The summed E-state index contributed by atoms with van der Waals surface area (Å²) in [5.41, 5.74) is 0. The first kappa shape index (κ1) is 12.9. The van der Waals surface area contributed by atoms with E-state index in [0.29, 0.717) is 24.8 Å². The first-order valence-corrected chi connectivity index (χ1v) is 6.24. The molecule has 1 aromatic heterocycles. The highest BCUT2D eigenvalue weighted by molar-refractivity contribution is 6.29. The van der Waals surface area contributed by atoms with E-state index < -0.39 is 0 Å². The molecule has 0 unspecified atom stereocenters. The van der Waals surface area contributed by atoms with Crippen molar-refractivity contribution in [2.75, 3.05) is 37.7 Å². The van der Waals surface area contributed by atoms with E-state index in [4.69, 9.17) is 16.3 Å². The predicted octanol–water partition coefficient (Wildman–Crippen LogP) is 1.41. The minimum atomic E-state index is -0.251. The molecular weight excluding hydrogens is 256 g/mol. The van der Waals surface area contributed by atoms with Crippen LogP contribution in [0.15, 0.2) is 12.1 Å². The number of carbonyl (C=O) groups is 1. The lowest BCUT2D eigenvalue weighted by Crippen LogP contribution is -2.49. The first-order chi connectivity index (χ1) is 8.70. The van der Waals surface area contributed by atoms with Crippen LogP contribution in [-0.4, -0.2) is 54.0 Å². The van der Waals surface area contributed by atoms with E-state index >= 15 is 0 Å². The lowest BCUT2D eigenvalue weighted by atomic mass is 10.3. The quantitative estimate of drug-likeness (QED) is 0.813. The molecule has 0 aromatic carbocycles. The molecule has 1 aromatic rings. The van der Waals surface area contributed by atoms with Crippen molar-refractivity contribution in [1.29, 1.82) is 0 Å². The molecule has 7 heteroatoms. The molecule has 1 aliphatic rings. The van der Waals surface area contributed by atoms with Crippen LogP contribution in [0.25, 0.3) is 0 Å². The number of piperazine rings is 1. The average Bonchev–Trinajstić information content (AvgIpc) is 2.40. The Morgan fingerprint density at radius 3 is 2.61 bits per heavy atom. The van der Waals surface area contributed by atoms with Crippen LogP contribution in [-0.2, 0) is 4.74 Å². The van der Waals surface area contributed by atoms with Gasteiger partial charge in [-0.1, -0.05) is 11.6 Å². The van der Waals surface area contributed by atoms with Crippen LogP contribution in [0.4, 0.5) is 10.6 Å².